The normalized spacial score (nSPS) is 12.5. The molecular weight excluding hydrogens is 264 g/mol. The molecule has 1 aliphatic rings. The van der Waals surface area contributed by atoms with Crippen LogP contribution in [0.25, 0.3) is 33.5 Å². The molecule has 0 heteroatoms. The van der Waals surface area contributed by atoms with Crippen LogP contribution in [0.4, 0.5) is 0 Å². The van der Waals surface area contributed by atoms with Gasteiger partial charge in [0.2, 0.25) is 0 Å². The molecule has 3 aromatic carbocycles. The van der Waals surface area contributed by atoms with Crippen molar-refractivity contribution in [3.63, 3.8) is 0 Å². The number of hydrogen-bond donors (Lipinski definition) is 0. The van der Waals surface area contributed by atoms with Crippen molar-refractivity contribution < 1.29 is 0 Å². The van der Waals surface area contributed by atoms with Gasteiger partial charge in [0.25, 0.3) is 0 Å². The molecule has 0 bridgehead atoms. The molecule has 1 aliphatic carbocycles. The Labute approximate surface area is 131 Å². The zero-order valence-electron chi connectivity index (χ0n) is 13.0. The Hall–Kier alpha value is -2.60. The number of fused-ring (bicyclic) bond motifs is 2. The number of aryl methyl sites for hydroxylation is 2. The van der Waals surface area contributed by atoms with E-state index >= 15 is 0 Å². The molecule has 0 radical (unpaired) electrons. The first-order valence-electron chi connectivity index (χ1n) is 7.67. The SMILES string of the molecule is C=CC1=Cc2cc(C)c(C)cc2-c2cccc3cccc1c23. The van der Waals surface area contributed by atoms with Crippen LogP contribution in [-0.2, 0) is 0 Å². The van der Waals surface area contributed by atoms with Crippen LogP contribution >= 0.6 is 0 Å². The van der Waals surface area contributed by atoms with Gasteiger partial charge in [0, 0.05) is 0 Å². The fraction of sp³-hybridized carbons (Fsp3) is 0.0909. The van der Waals surface area contributed by atoms with Gasteiger partial charge in [-0.1, -0.05) is 61.2 Å². The van der Waals surface area contributed by atoms with Crippen LogP contribution in [0.1, 0.15) is 22.3 Å². The Morgan fingerprint density at radius 2 is 1.50 bits per heavy atom. The zero-order valence-corrected chi connectivity index (χ0v) is 13.0. The minimum absolute atomic E-state index is 1.19. The third-order valence-corrected chi connectivity index (χ3v) is 4.70. The molecule has 3 aromatic rings. The van der Waals surface area contributed by atoms with E-state index in [1.54, 1.807) is 0 Å². The van der Waals surface area contributed by atoms with Gasteiger partial charge in [0.15, 0.2) is 0 Å². The molecule has 0 unspecified atom stereocenters. The highest BCUT2D eigenvalue weighted by molar-refractivity contribution is 6.11. The lowest BCUT2D eigenvalue weighted by Gasteiger charge is -2.12. The van der Waals surface area contributed by atoms with Crippen molar-refractivity contribution in [1.82, 2.24) is 0 Å². The lowest BCUT2D eigenvalue weighted by molar-refractivity contribution is 1.34. The fourth-order valence-corrected chi connectivity index (χ4v) is 3.41. The Morgan fingerprint density at radius 3 is 2.23 bits per heavy atom. The zero-order chi connectivity index (χ0) is 15.3. The maximum atomic E-state index is 4.03. The average molecular weight is 282 g/mol. The molecule has 0 atom stereocenters. The van der Waals surface area contributed by atoms with E-state index in [0.29, 0.717) is 0 Å². The first-order valence-corrected chi connectivity index (χ1v) is 7.67. The maximum Gasteiger partial charge on any atom is -0.00266 e. The molecule has 0 nitrogen and oxygen atoms in total. The van der Waals surface area contributed by atoms with Crippen molar-refractivity contribution in [2.75, 3.05) is 0 Å². The van der Waals surface area contributed by atoms with E-state index in [1.807, 2.05) is 6.08 Å². The number of hydrogen-bond acceptors (Lipinski definition) is 0. The largest absolute Gasteiger partial charge is 0.0984 e. The first-order chi connectivity index (χ1) is 10.7. The van der Waals surface area contributed by atoms with Gasteiger partial charge in [-0.2, -0.15) is 0 Å². The quantitative estimate of drug-likeness (QED) is 0.501. The standard InChI is InChI=1S/C22H18/c1-4-16-13-18-11-14(2)15(3)12-21(18)20-10-6-8-17-7-5-9-19(16)22(17)20/h4-13H,1H2,2-3H3. The second kappa shape index (κ2) is 4.71. The van der Waals surface area contributed by atoms with E-state index in [-0.39, 0.29) is 0 Å². The molecule has 106 valence electrons. The fourth-order valence-electron chi connectivity index (χ4n) is 3.41. The smallest absolute Gasteiger partial charge is 0.00266 e. The molecule has 0 aliphatic heterocycles. The van der Waals surface area contributed by atoms with Crippen molar-refractivity contribution in [3.8, 4) is 11.1 Å². The number of rotatable bonds is 1. The van der Waals surface area contributed by atoms with Crippen LogP contribution in [0.2, 0.25) is 0 Å². The second-order valence-corrected chi connectivity index (χ2v) is 6.04. The summed E-state index contributed by atoms with van der Waals surface area (Å²) in [6.07, 6.45) is 4.24. The van der Waals surface area contributed by atoms with Crippen LogP contribution in [0, 0.1) is 13.8 Å². The summed E-state index contributed by atoms with van der Waals surface area (Å²) in [5, 5.41) is 2.62. The number of allylic oxidation sites excluding steroid dienone is 2. The lowest BCUT2D eigenvalue weighted by Crippen LogP contribution is -1.89. The van der Waals surface area contributed by atoms with Gasteiger partial charge in [-0.05, 0) is 69.6 Å². The third-order valence-electron chi connectivity index (χ3n) is 4.70. The first kappa shape index (κ1) is 13.1. The van der Waals surface area contributed by atoms with Gasteiger partial charge in [-0.15, -0.1) is 0 Å². The van der Waals surface area contributed by atoms with Crippen LogP contribution in [0.15, 0.2) is 61.2 Å². The Kier molecular flexibility index (Phi) is 2.80. The summed E-state index contributed by atoms with van der Waals surface area (Å²) in [6.45, 7) is 8.39. The van der Waals surface area contributed by atoms with Gasteiger partial charge in [-0.25, -0.2) is 0 Å². The second-order valence-electron chi connectivity index (χ2n) is 6.04. The summed E-state index contributed by atoms with van der Waals surface area (Å²) in [4.78, 5) is 0. The molecule has 0 heterocycles. The Bertz CT molecular complexity index is 950. The average Bonchev–Trinajstić information content (AvgIpc) is 2.66. The van der Waals surface area contributed by atoms with E-state index in [9.17, 15) is 0 Å². The summed E-state index contributed by atoms with van der Waals surface area (Å²) in [6, 6.07) is 17.7. The lowest BCUT2D eigenvalue weighted by atomic mass is 9.92. The van der Waals surface area contributed by atoms with Crippen LogP contribution < -0.4 is 0 Å². The van der Waals surface area contributed by atoms with Crippen molar-refractivity contribution in [2.45, 2.75) is 13.8 Å². The highest BCUT2D eigenvalue weighted by Crippen LogP contribution is 2.41. The summed E-state index contributed by atoms with van der Waals surface area (Å²) in [7, 11) is 0. The maximum absolute atomic E-state index is 4.03. The molecule has 0 fully saturated rings. The third kappa shape index (κ3) is 1.77. The monoisotopic (exact) mass is 282 g/mol. The predicted octanol–water partition coefficient (Wildman–Crippen LogP) is 6.16. The minimum Gasteiger partial charge on any atom is -0.0984 e. The Balaban J connectivity index is 2.24. The van der Waals surface area contributed by atoms with Crippen molar-refractivity contribution in [1.29, 1.82) is 0 Å². The molecule has 22 heavy (non-hydrogen) atoms. The van der Waals surface area contributed by atoms with E-state index < -0.39 is 0 Å². The summed E-state index contributed by atoms with van der Waals surface area (Å²) >= 11 is 0. The van der Waals surface area contributed by atoms with E-state index in [4.69, 9.17) is 0 Å². The number of benzene rings is 3. The molecule has 0 N–H and O–H groups in total. The van der Waals surface area contributed by atoms with E-state index in [2.05, 4.69) is 75.0 Å². The molecular formula is C22H18. The minimum atomic E-state index is 1.19. The Morgan fingerprint density at radius 1 is 0.818 bits per heavy atom. The predicted molar refractivity (Wildman–Crippen MR) is 96.9 cm³/mol. The van der Waals surface area contributed by atoms with E-state index in [1.165, 1.54) is 49.7 Å². The topological polar surface area (TPSA) is 0 Å². The van der Waals surface area contributed by atoms with Crippen LogP contribution in [-0.4, -0.2) is 0 Å². The van der Waals surface area contributed by atoms with Crippen molar-refractivity contribution >= 4 is 22.4 Å². The summed E-state index contributed by atoms with van der Waals surface area (Å²) in [5.74, 6) is 0. The van der Waals surface area contributed by atoms with Crippen LogP contribution in [0.5, 0.6) is 0 Å². The van der Waals surface area contributed by atoms with Gasteiger partial charge < -0.3 is 0 Å². The van der Waals surface area contributed by atoms with Crippen molar-refractivity contribution in [3.05, 3.63) is 83.4 Å². The molecule has 0 aromatic heterocycles. The highest BCUT2D eigenvalue weighted by Gasteiger charge is 2.17. The van der Waals surface area contributed by atoms with Crippen molar-refractivity contribution in [2.24, 2.45) is 0 Å². The highest BCUT2D eigenvalue weighted by atomic mass is 14.2. The molecule has 4 rings (SSSR count). The molecule has 0 spiro atoms. The van der Waals surface area contributed by atoms with Crippen LogP contribution in [0.3, 0.4) is 0 Å². The van der Waals surface area contributed by atoms with Gasteiger partial charge >= 0.3 is 0 Å². The van der Waals surface area contributed by atoms with Gasteiger partial charge in [-0.3, -0.25) is 0 Å². The van der Waals surface area contributed by atoms with Gasteiger partial charge in [0.1, 0.15) is 0 Å². The summed E-state index contributed by atoms with van der Waals surface area (Å²) < 4.78 is 0. The molecule has 0 saturated carbocycles. The van der Waals surface area contributed by atoms with E-state index in [0.717, 1.165) is 0 Å². The molecule has 0 saturated heterocycles. The summed E-state index contributed by atoms with van der Waals surface area (Å²) in [5.41, 5.74) is 9.05. The molecule has 0 amide bonds. The van der Waals surface area contributed by atoms with Gasteiger partial charge in [0.05, 0.1) is 0 Å².